The molecule has 2 N–H and O–H groups in total. The summed E-state index contributed by atoms with van der Waals surface area (Å²) in [4.78, 5) is 17.7. The molecule has 1 spiro atoms. The molecular weight excluding hydrogens is 538 g/mol. The van der Waals surface area contributed by atoms with Gasteiger partial charge in [-0.05, 0) is 100 Å². The van der Waals surface area contributed by atoms with Crippen molar-refractivity contribution in [2.24, 2.45) is 0 Å². The lowest BCUT2D eigenvalue weighted by atomic mass is 9.79. The molecule has 0 radical (unpaired) electrons. The van der Waals surface area contributed by atoms with Gasteiger partial charge < -0.3 is 33.8 Å². The number of carbonyl (C=O) groups is 1. The largest absolute Gasteiger partial charge is 0.495 e. The molecule has 0 unspecified atom stereocenters. The fourth-order valence-corrected chi connectivity index (χ4v) is 6.82. The number of likely N-dealkylation sites (tertiary alicyclic amines) is 1. The molecule has 9 nitrogen and oxygen atoms in total. The summed E-state index contributed by atoms with van der Waals surface area (Å²) in [6.07, 6.45) is 7.35. The summed E-state index contributed by atoms with van der Waals surface area (Å²) in [5.41, 5.74) is 5.58. The van der Waals surface area contributed by atoms with Gasteiger partial charge >= 0.3 is 0 Å². The number of nitrogens with zero attached hydrogens (tertiary/aromatic N) is 3. The Labute approximate surface area is 246 Å². The first-order valence-electron chi connectivity index (χ1n) is 14.4. The molecule has 2 aliphatic heterocycles. The smallest absolute Gasteiger partial charge is 0.251 e. The van der Waals surface area contributed by atoms with E-state index in [2.05, 4.69) is 50.2 Å². The fraction of sp³-hybridized carbons (Fsp3) is 0.484. The summed E-state index contributed by atoms with van der Waals surface area (Å²) in [6.45, 7) is 4.86. The molecule has 4 aliphatic rings. The van der Waals surface area contributed by atoms with Crippen molar-refractivity contribution >= 4 is 29.4 Å². The average Bonchev–Trinajstić information content (AvgIpc) is 3.35. The van der Waals surface area contributed by atoms with Crippen molar-refractivity contribution in [2.45, 2.75) is 48.8 Å². The lowest BCUT2D eigenvalue weighted by molar-refractivity contribution is 0.0962. The zero-order chi connectivity index (χ0) is 28.6. The van der Waals surface area contributed by atoms with Gasteiger partial charge in [-0.1, -0.05) is 11.2 Å². The van der Waals surface area contributed by atoms with Gasteiger partial charge in [0.1, 0.15) is 16.4 Å². The number of benzene rings is 2. The highest BCUT2D eigenvalue weighted by Gasteiger charge is 2.50. The van der Waals surface area contributed by atoms with Crippen molar-refractivity contribution in [2.75, 3.05) is 64.1 Å². The number of aromatic nitrogens is 1. The average molecular weight is 578 g/mol. The lowest BCUT2D eigenvalue weighted by Crippen LogP contribution is -2.37. The number of ether oxygens (including phenoxy) is 2. The normalized spacial score (nSPS) is 18.0. The van der Waals surface area contributed by atoms with E-state index in [1.54, 1.807) is 33.4 Å². The molecule has 3 heterocycles. The quantitative estimate of drug-likeness (QED) is 0.361. The zero-order valence-electron chi connectivity index (χ0n) is 24.3. The van der Waals surface area contributed by atoms with Crippen LogP contribution in [-0.2, 0) is 11.8 Å². The van der Waals surface area contributed by atoms with Crippen LogP contribution in [0.2, 0.25) is 0 Å². The molecule has 0 atom stereocenters. The van der Waals surface area contributed by atoms with E-state index in [-0.39, 0.29) is 11.3 Å². The Hall–Kier alpha value is -3.37. The fourth-order valence-electron chi connectivity index (χ4n) is 5.98. The number of anilines is 2. The Morgan fingerprint density at radius 1 is 1.02 bits per heavy atom. The molecule has 41 heavy (non-hydrogen) atoms. The monoisotopic (exact) mass is 577 g/mol. The van der Waals surface area contributed by atoms with Gasteiger partial charge in [-0.15, -0.1) is 0 Å². The maximum atomic E-state index is 12.2. The second-order valence-electron chi connectivity index (χ2n) is 11.4. The molecule has 7 rings (SSSR count). The highest BCUT2D eigenvalue weighted by atomic mass is 32.2. The molecule has 3 fully saturated rings. The highest BCUT2D eigenvalue weighted by molar-refractivity contribution is 8.00. The minimum absolute atomic E-state index is 0.188. The maximum Gasteiger partial charge on any atom is 0.251 e. The number of hydrogen-bond donors (Lipinski definition) is 2. The molecule has 1 saturated carbocycles. The Balaban J connectivity index is 0.000000449. The number of amides is 1. The summed E-state index contributed by atoms with van der Waals surface area (Å²) in [7, 11) is 6.92. The molecule has 2 aliphatic carbocycles. The number of hydrogen-bond acceptors (Lipinski definition) is 9. The van der Waals surface area contributed by atoms with Crippen molar-refractivity contribution in [3.8, 4) is 22.8 Å². The summed E-state index contributed by atoms with van der Waals surface area (Å²) >= 11 is 1.34. The molecule has 1 aromatic heterocycles. The van der Waals surface area contributed by atoms with Crippen LogP contribution in [0, 0.1) is 0 Å². The Kier molecular flexibility index (Phi) is 7.78. The third-order valence-electron chi connectivity index (χ3n) is 8.73. The summed E-state index contributed by atoms with van der Waals surface area (Å²) < 4.78 is 20.5. The van der Waals surface area contributed by atoms with Crippen LogP contribution in [0.25, 0.3) is 11.3 Å². The third kappa shape index (κ3) is 5.35. The van der Waals surface area contributed by atoms with Crippen LogP contribution >= 0.6 is 11.9 Å². The standard InChI is InChI=1S/C26H28N4O4S.C5H11N/c1-27-25(31)15-11-20(32-2)23(21(12-15)33-3)35-29-24-18-14-26(7-8-26)19-6-5-16(30-9-4-10-30)13-17(19)22(18)34-28-24;1-6-4-2-3-5-6/h5-6,11-13H,4,7-10,14H2,1-3H3,(H,27,31)(H,28,29);2-5H2,1H3. The Bertz CT molecular complexity index is 1400. The summed E-state index contributed by atoms with van der Waals surface area (Å²) in [5, 5.41) is 7.05. The second-order valence-corrected chi connectivity index (χ2v) is 12.2. The summed E-state index contributed by atoms with van der Waals surface area (Å²) in [5.74, 6) is 2.46. The van der Waals surface area contributed by atoms with Crippen molar-refractivity contribution in [1.29, 1.82) is 0 Å². The molecular formula is C31H39N5O4S. The van der Waals surface area contributed by atoms with Crippen LogP contribution in [0.15, 0.2) is 39.8 Å². The second kappa shape index (κ2) is 11.5. The first-order chi connectivity index (χ1) is 20.0. The first kappa shape index (κ1) is 27.8. The molecule has 10 heteroatoms. The van der Waals surface area contributed by atoms with Crippen molar-refractivity contribution in [1.82, 2.24) is 15.4 Å². The van der Waals surface area contributed by atoms with Crippen LogP contribution < -0.4 is 24.4 Å². The van der Waals surface area contributed by atoms with Crippen molar-refractivity contribution in [3.05, 3.63) is 47.0 Å². The van der Waals surface area contributed by atoms with Gasteiger partial charge in [-0.25, -0.2) is 0 Å². The molecule has 1 amide bonds. The van der Waals surface area contributed by atoms with Crippen LogP contribution in [0.1, 0.15) is 53.6 Å². The SMILES string of the molecule is CN1CCCC1.CNC(=O)c1cc(OC)c(SNc2noc3c2CC2(CC2)c2ccc(N4CCC4)cc2-3)c(OC)c1. The van der Waals surface area contributed by atoms with E-state index in [9.17, 15) is 4.79 Å². The number of carbonyl (C=O) groups excluding carboxylic acids is 1. The van der Waals surface area contributed by atoms with Crippen LogP contribution in [0.3, 0.4) is 0 Å². The molecule has 2 saturated heterocycles. The van der Waals surface area contributed by atoms with Gasteiger partial charge in [-0.2, -0.15) is 0 Å². The van der Waals surface area contributed by atoms with E-state index < -0.39 is 0 Å². The number of nitrogens with one attached hydrogen (secondary N) is 2. The zero-order valence-corrected chi connectivity index (χ0v) is 25.2. The minimum Gasteiger partial charge on any atom is -0.495 e. The Morgan fingerprint density at radius 3 is 2.27 bits per heavy atom. The van der Waals surface area contributed by atoms with E-state index in [1.165, 1.54) is 74.0 Å². The third-order valence-corrected chi connectivity index (χ3v) is 9.63. The van der Waals surface area contributed by atoms with Gasteiger partial charge in [0, 0.05) is 47.9 Å². The van der Waals surface area contributed by atoms with Gasteiger partial charge in [0.15, 0.2) is 11.6 Å². The number of rotatable bonds is 7. The van der Waals surface area contributed by atoms with E-state index in [0.717, 1.165) is 41.5 Å². The van der Waals surface area contributed by atoms with Crippen LogP contribution in [0.5, 0.6) is 11.5 Å². The van der Waals surface area contributed by atoms with E-state index in [4.69, 9.17) is 14.0 Å². The highest BCUT2D eigenvalue weighted by Crippen LogP contribution is 2.59. The minimum atomic E-state index is -0.206. The predicted molar refractivity (Wildman–Crippen MR) is 163 cm³/mol. The van der Waals surface area contributed by atoms with Gasteiger partial charge in [0.2, 0.25) is 0 Å². The maximum absolute atomic E-state index is 12.2. The number of methoxy groups -OCH3 is 2. The van der Waals surface area contributed by atoms with E-state index >= 15 is 0 Å². The van der Waals surface area contributed by atoms with Crippen molar-refractivity contribution < 1.29 is 18.8 Å². The van der Waals surface area contributed by atoms with Gasteiger partial charge in [-0.3, -0.25) is 4.79 Å². The predicted octanol–water partition coefficient (Wildman–Crippen LogP) is 5.35. The first-order valence-corrected chi connectivity index (χ1v) is 15.3. The van der Waals surface area contributed by atoms with Crippen LogP contribution in [0.4, 0.5) is 11.5 Å². The van der Waals surface area contributed by atoms with Gasteiger partial charge in [0.05, 0.1) is 14.2 Å². The molecule has 218 valence electrons. The van der Waals surface area contributed by atoms with Gasteiger partial charge in [0.25, 0.3) is 5.91 Å². The van der Waals surface area contributed by atoms with Crippen LogP contribution in [-0.4, -0.2) is 70.5 Å². The number of fused-ring (bicyclic) bond motifs is 4. The van der Waals surface area contributed by atoms with E-state index in [1.807, 2.05) is 0 Å². The van der Waals surface area contributed by atoms with Crippen molar-refractivity contribution in [3.63, 3.8) is 0 Å². The molecule has 3 aromatic rings. The summed E-state index contributed by atoms with van der Waals surface area (Å²) in [6, 6.07) is 10.2. The Morgan fingerprint density at radius 2 is 1.73 bits per heavy atom. The molecule has 2 aromatic carbocycles. The lowest BCUT2D eigenvalue weighted by Gasteiger charge is -2.34. The van der Waals surface area contributed by atoms with E-state index in [0.29, 0.717) is 17.1 Å². The topological polar surface area (TPSA) is 92.1 Å². The molecule has 0 bridgehead atoms.